The first-order chi connectivity index (χ1) is 14.0. The lowest BCUT2D eigenvalue weighted by Gasteiger charge is -2.15. The van der Waals surface area contributed by atoms with Crippen LogP contribution in [-0.4, -0.2) is 8.42 Å². The highest BCUT2D eigenvalue weighted by atomic mass is 32.2. The average Bonchev–Trinajstić information content (AvgIpc) is 2.72. The van der Waals surface area contributed by atoms with E-state index in [9.17, 15) is 13.7 Å². The quantitative estimate of drug-likeness (QED) is 0.543. The van der Waals surface area contributed by atoms with E-state index in [-0.39, 0.29) is 4.90 Å². The Morgan fingerprint density at radius 1 is 0.966 bits per heavy atom. The summed E-state index contributed by atoms with van der Waals surface area (Å²) >= 11 is 0. The Hall–Kier alpha value is -3.36. The van der Waals surface area contributed by atoms with E-state index in [1.54, 1.807) is 36.4 Å². The Bertz CT molecular complexity index is 1140. The number of nitrogens with zero attached hydrogens (tertiary/aromatic N) is 1. The molecule has 3 rings (SSSR count). The molecule has 0 fully saturated rings. The minimum absolute atomic E-state index is 0.202. The molecular formula is C24H22N2O2S. The molecule has 0 spiro atoms. The van der Waals surface area contributed by atoms with Gasteiger partial charge in [0.1, 0.15) is 0 Å². The summed E-state index contributed by atoms with van der Waals surface area (Å²) in [6, 6.07) is 26.0. The first kappa shape index (κ1) is 20.4. The van der Waals surface area contributed by atoms with Crippen LogP contribution in [0.25, 0.3) is 5.57 Å². The van der Waals surface area contributed by atoms with Gasteiger partial charge in [0.05, 0.1) is 16.7 Å². The van der Waals surface area contributed by atoms with Crippen molar-refractivity contribution in [2.24, 2.45) is 0 Å². The van der Waals surface area contributed by atoms with E-state index in [0.29, 0.717) is 17.7 Å². The number of allylic oxidation sites excluding steroid dienone is 2. The molecule has 0 unspecified atom stereocenters. The summed E-state index contributed by atoms with van der Waals surface area (Å²) in [6.07, 6.45) is 2.87. The molecule has 0 saturated heterocycles. The van der Waals surface area contributed by atoms with Crippen molar-refractivity contribution in [1.29, 1.82) is 5.26 Å². The standard InChI is InChI=1S/C24H22N2O2S/c1-19-11-15-22(16-12-19)29(27,28)26-24-10-6-5-9-23(24)21(17-18-25)14-13-20-7-3-2-4-8-20/h2-12,15-17,26H,13-14H2,1H3/b21-17-. The molecule has 0 atom stereocenters. The number of anilines is 1. The molecule has 0 radical (unpaired) electrons. The van der Waals surface area contributed by atoms with Crippen LogP contribution in [0.2, 0.25) is 0 Å². The number of hydrogen-bond donors (Lipinski definition) is 1. The Morgan fingerprint density at radius 3 is 2.31 bits per heavy atom. The summed E-state index contributed by atoms with van der Waals surface area (Å²) in [5.41, 5.74) is 4.11. The molecule has 0 heterocycles. The molecule has 146 valence electrons. The van der Waals surface area contributed by atoms with Gasteiger partial charge in [0.2, 0.25) is 0 Å². The lowest BCUT2D eigenvalue weighted by molar-refractivity contribution is 0.601. The number of nitrogens with one attached hydrogen (secondary N) is 1. The molecular weight excluding hydrogens is 380 g/mol. The van der Waals surface area contributed by atoms with Gasteiger partial charge in [0.15, 0.2) is 0 Å². The molecule has 4 nitrogen and oxygen atoms in total. The van der Waals surface area contributed by atoms with Gasteiger partial charge in [-0.25, -0.2) is 8.42 Å². The predicted octanol–water partition coefficient (Wildman–Crippen LogP) is 5.34. The van der Waals surface area contributed by atoms with Crippen molar-refractivity contribution in [3.8, 4) is 6.07 Å². The third-order valence-corrected chi connectivity index (χ3v) is 5.99. The van der Waals surface area contributed by atoms with Gasteiger partial charge in [-0.1, -0.05) is 66.2 Å². The van der Waals surface area contributed by atoms with Gasteiger partial charge >= 0.3 is 0 Å². The van der Waals surface area contributed by atoms with Gasteiger partial charge in [-0.3, -0.25) is 4.72 Å². The number of para-hydroxylation sites is 1. The molecule has 0 amide bonds. The fourth-order valence-electron chi connectivity index (χ4n) is 3.06. The fourth-order valence-corrected chi connectivity index (χ4v) is 4.14. The van der Waals surface area contributed by atoms with Crippen LogP contribution in [0, 0.1) is 18.3 Å². The predicted molar refractivity (Wildman–Crippen MR) is 117 cm³/mol. The third-order valence-electron chi connectivity index (χ3n) is 4.61. The zero-order valence-electron chi connectivity index (χ0n) is 16.2. The highest BCUT2D eigenvalue weighted by Crippen LogP contribution is 2.29. The highest BCUT2D eigenvalue weighted by molar-refractivity contribution is 7.92. The Balaban J connectivity index is 1.89. The van der Waals surface area contributed by atoms with Gasteiger partial charge in [-0.2, -0.15) is 5.26 Å². The first-order valence-electron chi connectivity index (χ1n) is 9.31. The number of aryl methyl sites for hydroxylation is 2. The largest absolute Gasteiger partial charge is 0.279 e. The monoisotopic (exact) mass is 402 g/mol. The summed E-state index contributed by atoms with van der Waals surface area (Å²) in [5.74, 6) is 0. The second-order valence-corrected chi connectivity index (χ2v) is 8.43. The smallest absolute Gasteiger partial charge is 0.261 e. The number of sulfonamides is 1. The maximum absolute atomic E-state index is 12.8. The molecule has 29 heavy (non-hydrogen) atoms. The second-order valence-electron chi connectivity index (χ2n) is 6.75. The van der Waals surface area contributed by atoms with Crippen LogP contribution in [0.4, 0.5) is 5.69 Å². The van der Waals surface area contributed by atoms with Gasteiger partial charge < -0.3 is 0 Å². The molecule has 0 saturated carbocycles. The van der Waals surface area contributed by atoms with Crippen LogP contribution in [0.1, 0.15) is 23.1 Å². The highest BCUT2D eigenvalue weighted by Gasteiger charge is 2.17. The van der Waals surface area contributed by atoms with Crippen molar-refractivity contribution < 1.29 is 8.42 Å². The number of rotatable bonds is 7. The molecule has 3 aromatic carbocycles. The Kier molecular flexibility index (Phi) is 6.48. The summed E-state index contributed by atoms with van der Waals surface area (Å²) < 4.78 is 28.3. The van der Waals surface area contributed by atoms with Gasteiger partial charge in [-0.05, 0) is 49.1 Å². The molecule has 0 aromatic heterocycles. The van der Waals surface area contributed by atoms with E-state index < -0.39 is 10.0 Å². The van der Waals surface area contributed by atoms with E-state index in [1.807, 2.05) is 49.4 Å². The zero-order chi connectivity index (χ0) is 20.7. The minimum atomic E-state index is -3.73. The summed E-state index contributed by atoms with van der Waals surface area (Å²) in [6.45, 7) is 1.91. The van der Waals surface area contributed by atoms with E-state index in [0.717, 1.165) is 23.1 Å². The van der Waals surface area contributed by atoms with Crippen LogP contribution in [0.5, 0.6) is 0 Å². The van der Waals surface area contributed by atoms with Crippen molar-refractivity contribution in [1.82, 2.24) is 0 Å². The normalized spacial score (nSPS) is 11.7. The number of benzene rings is 3. The minimum Gasteiger partial charge on any atom is -0.279 e. The van der Waals surface area contributed by atoms with E-state index in [4.69, 9.17) is 0 Å². The van der Waals surface area contributed by atoms with Gasteiger partial charge in [-0.15, -0.1) is 0 Å². The van der Waals surface area contributed by atoms with E-state index in [1.165, 1.54) is 6.08 Å². The molecule has 0 aliphatic heterocycles. The summed E-state index contributed by atoms with van der Waals surface area (Å²) in [5, 5.41) is 9.26. The van der Waals surface area contributed by atoms with Crippen LogP contribution < -0.4 is 4.72 Å². The summed E-state index contributed by atoms with van der Waals surface area (Å²) in [4.78, 5) is 0.202. The molecule has 1 N–H and O–H groups in total. The molecule has 5 heteroatoms. The van der Waals surface area contributed by atoms with Crippen LogP contribution in [0.15, 0.2) is 89.8 Å². The lowest BCUT2D eigenvalue weighted by atomic mass is 9.97. The Labute approximate surface area is 172 Å². The van der Waals surface area contributed by atoms with Crippen molar-refractivity contribution in [3.63, 3.8) is 0 Å². The van der Waals surface area contributed by atoms with Crippen LogP contribution in [-0.2, 0) is 16.4 Å². The fraction of sp³-hybridized carbons (Fsp3) is 0.125. The SMILES string of the molecule is Cc1ccc(S(=O)(=O)Nc2ccccc2/C(=C\C#N)CCc2ccccc2)cc1. The van der Waals surface area contributed by atoms with Crippen molar-refractivity contribution in [3.05, 3.63) is 102 Å². The maximum Gasteiger partial charge on any atom is 0.261 e. The third kappa shape index (κ3) is 5.34. The van der Waals surface area contributed by atoms with E-state index in [2.05, 4.69) is 10.8 Å². The average molecular weight is 403 g/mol. The van der Waals surface area contributed by atoms with Gasteiger partial charge in [0.25, 0.3) is 10.0 Å². The topological polar surface area (TPSA) is 70.0 Å². The zero-order valence-corrected chi connectivity index (χ0v) is 17.0. The lowest BCUT2D eigenvalue weighted by Crippen LogP contribution is -2.14. The maximum atomic E-state index is 12.8. The van der Waals surface area contributed by atoms with Crippen LogP contribution >= 0.6 is 0 Å². The molecule has 3 aromatic rings. The van der Waals surface area contributed by atoms with Crippen molar-refractivity contribution >= 4 is 21.3 Å². The number of hydrogen-bond acceptors (Lipinski definition) is 3. The number of nitriles is 1. The van der Waals surface area contributed by atoms with E-state index >= 15 is 0 Å². The molecule has 0 aliphatic carbocycles. The second kappa shape index (κ2) is 9.22. The van der Waals surface area contributed by atoms with Crippen molar-refractivity contribution in [2.45, 2.75) is 24.7 Å². The Morgan fingerprint density at radius 2 is 1.62 bits per heavy atom. The first-order valence-corrected chi connectivity index (χ1v) is 10.8. The van der Waals surface area contributed by atoms with Crippen LogP contribution in [0.3, 0.4) is 0 Å². The summed E-state index contributed by atoms with van der Waals surface area (Å²) in [7, 11) is -3.73. The van der Waals surface area contributed by atoms with Gasteiger partial charge in [0, 0.05) is 11.6 Å². The van der Waals surface area contributed by atoms with Crippen molar-refractivity contribution in [2.75, 3.05) is 4.72 Å². The molecule has 0 bridgehead atoms. The molecule has 0 aliphatic rings.